The molecule has 0 aromatic heterocycles. The summed E-state index contributed by atoms with van der Waals surface area (Å²) in [6, 6.07) is 0. The van der Waals surface area contributed by atoms with Crippen LogP contribution in [-0.4, -0.2) is 29.2 Å². The smallest absolute Gasteiger partial charge is 0.163 e. The van der Waals surface area contributed by atoms with Crippen molar-refractivity contribution >= 4 is 0 Å². The van der Waals surface area contributed by atoms with Gasteiger partial charge in [0, 0.05) is 11.8 Å². The second-order valence-electron chi connectivity index (χ2n) is 10.5. The quantitative estimate of drug-likeness (QED) is 0.682. The number of rotatable bonds is 1. The van der Waals surface area contributed by atoms with E-state index in [1.54, 1.807) is 0 Å². The molecule has 2 saturated carbocycles. The van der Waals surface area contributed by atoms with Gasteiger partial charge in [-0.2, -0.15) is 0 Å². The Labute approximate surface area is 159 Å². The zero-order valence-electron chi connectivity index (χ0n) is 17.5. The van der Waals surface area contributed by atoms with E-state index in [2.05, 4.69) is 33.8 Å². The summed E-state index contributed by atoms with van der Waals surface area (Å²) in [5.41, 5.74) is 0.496. The zero-order chi connectivity index (χ0) is 18.9. The summed E-state index contributed by atoms with van der Waals surface area (Å²) in [4.78, 5) is 0. The lowest BCUT2D eigenvalue weighted by Crippen LogP contribution is -2.67. The molecule has 1 N–H and O–H groups in total. The van der Waals surface area contributed by atoms with Gasteiger partial charge < -0.3 is 14.6 Å². The molecule has 148 valence electrons. The van der Waals surface area contributed by atoms with E-state index in [1.807, 2.05) is 13.8 Å². The minimum Gasteiger partial charge on any atom is -0.385 e. The van der Waals surface area contributed by atoms with Gasteiger partial charge in [-0.25, -0.2) is 0 Å². The van der Waals surface area contributed by atoms with Gasteiger partial charge in [-0.15, -0.1) is 0 Å². The highest BCUT2D eigenvalue weighted by molar-refractivity contribution is 5.28. The molecule has 0 aromatic carbocycles. The molecule has 0 radical (unpaired) electrons. The molecule has 8 atom stereocenters. The molecule has 0 amide bonds. The van der Waals surface area contributed by atoms with Crippen LogP contribution in [0.15, 0.2) is 11.6 Å². The Hall–Kier alpha value is -0.380. The van der Waals surface area contributed by atoms with Crippen molar-refractivity contribution in [2.24, 2.45) is 41.4 Å². The molecular formula is C23H38O3. The molecule has 3 nitrogen and oxygen atoms in total. The fourth-order valence-corrected chi connectivity index (χ4v) is 6.94. The Bertz CT molecular complexity index is 580. The van der Waals surface area contributed by atoms with Crippen molar-refractivity contribution in [1.29, 1.82) is 0 Å². The Morgan fingerprint density at radius 2 is 1.96 bits per heavy atom. The standard InChI is InChI=1S/C23H38O3/c1-13(2)17-9-7-14(3)18-10-8-15(4)23(24)19(17)11-16-12-25-22(5,6)26-21(16)20(18)23/h8,13-14,16-21,24H,7,9-12H2,1-6H3/t14-,16-,17+,18-,19-,20-,21+,23-/m0/s1. The maximum Gasteiger partial charge on any atom is 0.163 e. The van der Waals surface area contributed by atoms with Crippen LogP contribution in [0.2, 0.25) is 0 Å². The molecular weight excluding hydrogens is 324 g/mol. The van der Waals surface area contributed by atoms with Gasteiger partial charge in [0.05, 0.1) is 18.3 Å². The first-order chi connectivity index (χ1) is 12.1. The molecule has 1 aliphatic heterocycles. The highest BCUT2D eigenvalue weighted by Crippen LogP contribution is 2.60. The number of fused-ring (bicyclic) bond motifs is 1. The summed E-state index contributed by atoms with van der Waals surface area (Å²) in [5, 5.41) is 12.3. The highest BCUT2D eigenvalue weighted by Gasteiger charge is 2.63. The van der Waals surface area contributed by atoms with Gasteiger partial charge in [0.1, 0.15) is 0 Å². The lowest BCUT2D eigenvalue weighted by Gasteiger charge is -2.63. The average Bonchev–Trinajstić information content (AvgIpc) is 2.55. The summed E-state index contributed by atoms with van der Waals surface area (Å²) in [7, 11) is 0. The van der Waals surface area contributed by atoms with Crippen molar-refractivity contribution in [2.45, 2.75) is 84.7 Å². The fourth-order valence-electron chi connectivity index (χ4n) is 6.94. The molecule has 3 fully saturated rings. The SMILES string of the molecule is CC1=CC[C@@H]2[C@H]3[C@@H]4OC(C)(C)OC[C@@H]4C[C@@H]([C@@H](C(C)C)CC[C@@H]2C)[C@@]13O. The van der Waals surface area contributed by atoms with Gasteiger partial charge in [-0.3, -0.25) is 0 Å². The van der Waals surface area contributed by atoms with Crippen LogP contribution >= 0.6 is 0 Å². The predicted octanol–water partition coefficient (Wildman–Crippen LogP) is 4.79. The molecule has 1 saturated heterocycles. The molecule has 26 heavy (non-hydrogen) atoms. The zero-order valence-corrected chi connectivity index (χ0v) is 17.5. The summed E-state index contributed by atoms with van der Waals surface area (Å²) in [6.45, 7) is 14.1. The lowest BCUT2D eigenvalue weighted by atomic mass is 9.48. The molecule has 3 heteroatoms. The van der Waals surface area contributed by atoms with Crippen molar-refractivity contribution in [3.05, 3.63) is 11.6 Å². The van der Waals surface area contributed by atoms with Gasteiger partial charge in [0.2, 0.25) is 0 Å². The summed E-state index contributed by atoms with van der Waals surface area (Å²) < 4.78 is 12.6. The van der Waals surface area contributed by atoms with Crippen molar-refractivity contribution in [2.75, 3.05) is 6.61 Å². The fraction of sp³-hybridized carbons (Fsp3) is 0.913. The lowest BCUT2D eigenvalue weighted by molar-refractivity contribution is -0.338. The van der Waals surface area contributed by atoms with E-state index < -0.39 is 11.4 Å². The topological polar surface area (TPSA) is 38.7 Å². The van der Waals surface area contributed by atoms with Crippen molar-refractivity contribution < 1.29 is 14.6 Å². The molecule has 0 aromatic rings. The van der Waals surface area contributed by atoms with Gasteiger partial charge in [-0.05, 0) is 75.2 Å². The van der Waals surface area contributed by atoms with Crippen LogP contribution in [0, 0.1) is 41.4 Å². The first kappa shape index (κ1) is 19.0. The molecule has 0 unspecified atom stereocenters. The molecule has 3 aliphatic carbocycles. The third-order valence-electron chi connectivity index (χ3n) is 8.36. The van der Waals surface area contributed by atoms with Crippen LogP contribution in [0.5, 0.6) is 0 Å². The summed E-state index contributed by atoms with van der Waals surface area (Å²) in [6.07, 6.45) is 7.10. The van der Waals surface area contributed by atoms with E-state index in [1.165, 1.54) is 18.4 Å². The Morgan fingerprint density at radius 3 is 2.65 bits per heavy atom. The third kappa shape index (κ3) is 2.72. The summed E-state index contributed by atoms with van der Waals surface area (Å²) >= 11 is 0. The van der Waals surface area contributed by atoms with Crippen molar-refractivity contribution in [1.82, 2.24) is 0 Å². The first-order valence-corrected chi connectivity index (χ1v) is 10.9. The number of hydrogen-bond acceptors (Lipinski definition) is 3. The number of ether oxygens (including phenoxy) is 2. The number of aliphatic hydroxyl groups is 1. The average molecular weight is 363 g/mol. The first-order valence-electron chi connectivity index (χ1n) is 10.9. The molecule has 4 bridgehead atoms. The van der Waals surface area contributed by atoms with E-state index in [4.69, 9.17) is 9.47 Å². The van der Waals surface area contributed by atoms with Gasteiger partial charge in [-0.1, -0.05) is 33.3 Å². The van der Waals surface area contributed by atoms with Crippen molar-refractivity contribution in [3.8, 4) is 0 Å². The van der Waals surface area contributed by atoms with E-state index in [9.17, 15) is 5.11 Å². The third-order valence-corrected chi connectivity index (χ3v) is 8.36. The Balaban J connectivity index is 1.84. The van der Waals surface area contributed by atoms with Crippen LogP contribution in [0.25, 0.3) is 0 Å². The Morgan fingerprint density at radius 1 is 1.23 bits per heavy atom. The van der Waals surface area contributed by atoms with E-state index in [0.717, 1.165) is 19.4 Å². The largest absolute Gasteiger partial charge is 0.385 e. The summed E-state index contributed by atoms with van der Waals surface area (Å²) in [5.74, 6) is 2.72. The van der Waals surface area contributed by atoms with Crippen molar-refractivity contribution in [3.63, 3.8) is 0 Å². The normalized spacial score (nSPS) is 50.5. The molecule has 4 rings (SSSR count). The predicted molar refractivity (Wildman–Crippen MR) is 104 cm³/mol. The molecule has 4 aliphatic rings. The minimum atomic E-state index is -0.707. The van der Waals surface area contributed by atoms with E-state index >= 15 is 0 Å². The second kappa shape index (κ2) is 6.32. The van der Waals surface area contributed by atoms with Crippen LogP contribution in [0.3, 0.4) is 0 Å². The van der Waals surface area contributed by atoms with Crippen LogP contribution < -0.4 is 0 Å². The highest BCUT2D eigenvalue weighted by atomic mass is 16.7. The second-order valence-corrected chi connectivity index (χ2v) is 10.5. The molecule has 1 heterocycles. The molecule has 0 spiro atoms. The van der Waals surface area contributed by atoms with E-state index in [-0.39, 0.29) is 12.0 Å². The minimum absolute atomic E-state index is 0.113. The van der Waals surface area contributed by atoms with Gasteiger partial charge in [0.15, 0.2) is 5.79 Å². The number of allylic oxidation sites excluding steroid dienone is 1. The maximum atomic E-state index is 12.3. The van der Waals surface area contributed by atoms with Crippen LogP contribution in [0.1, 0.15) is 67.2 Å². The van der Waals surface area contributed by atoms with Crippen LogP contribution in [-0.2, 0) is 9.47 Å². The maximum absolute atomic E-state index is 12.3. The van der Waals surface area contributed by atoms with E-state index in [0.29, 0.717) is 35.5 Å². The number of hydrogen-bond donors (Lipinski definition) is 1. The van der Waals surface area contributed by atoms with Crippen LogP contribution in [0.4, 0.5) is 0 Å². The van der Waals surface area contributed by atoms with Gasteiger partial charge >= 0.3 is 0 Å². The monoisotopic (exact) mass is 362 g/mol. The Kier molecular flexibility index (Phi) is 4.61. The van der Waals surface area contributed by atoms with Gasteiger partial charge in [0.25, 0.3) is 0 Å².